The van der Waals surface area contributed by atoms with Crippen molar-refractivity contribution in [3.8, 4) is 5.75 Å². The average Bonchev–Trinajstić information content (AvgIpc) is 2.51. The van der Waals surface area contributed by atoms with Crippen LogP contribution in [0.2, 0.25) is 10.0 Å². The molecule has 1 unspecified atom stereocenters. The highest BCUT2D eigenvalue weighted by atomic mass is 35.5. The molecule has 0 aromatic heterocycles. The molecule has 1 fully saturated rings. The van der Waals surface area contributed by atoms with E-state index in [9.17, 15) is 13.7 Å². The van der Waals surface area contributed by atoms with Crippen LogP contribution in [0.1, 0.15) is 45.2 Å². The van der Waals surface area contributed by atoms with E-state index < -0.39 is 27.6 Å². The van der Waals surface area contributed by atoms with Crippen molar-refractivity contribution in [2.24, 2.45) is 5.92 Å². The standard InChI is InChI=1S/C16H23Cl2FN2O2S/c1-16(2,3)24(23)21-15(9-4-6-20-7-5-9)12-11(22)8-10(17)13(18)14(12)19/h8-9,15,20-22H,4-7H2,1-3H3/t15-,24?/m0/s1. The van der Waals surface area contributed by atoms with Crippen LogP contribution in [0.5, 0.6) is 5.75 Å². The van der Waals surface area contributed by atoms with Crippen LogP contribution in [0.3, 0.4) is 0 Å². The maximum absolute atomic E-state index is 14.7. The van der Waals surface area contributed by atoms with Gasteiger partial charge >= 0.3 is 0 Å². The lowest BCUT2D eigenvalue weighted by Crippen LogP contribution is -2.41. The molecule has 0 bridgehead atoms. The molecule has 1 saturated heterocycles. The summed E-state index contributed by atoms with van der Waals surface area (Å²) in [7, 11) is -1.42. The highest BCUT2D eigenvalue weighted by molar-refractivity contribution is 7.84. The minimum atomic E-state index is -1.42. The van der Waals surface area contributed by atoms with Crippen LogP contribution in [0.15, 0.2) is 6.07 Å². The van der Waals surface area contributed by atoms with Gasteiger partial charge in [-0.05, 0) is 52.6 Å². The summed E-state index contributed by atoms with van der Waals surface area (Å²) in [6.07, 6.45) is 1.55. The maximum atomic E-state index is 14.7. The third-order valence-corrected chi connectivity index (χ3v) is 6.48. The topological polar surface area (TPSA) is 61.4 Å². The van der Waals surface area contributed by atoms with E-state index in [1.807, 2.05) is 20.8 Å². The fourth-order valence-electron chi connectivity index (χ4n) is 2.75. The van der Waals surface area contributed by atoms with Crippen LogP contribution in [0, 0.1) is 11.7 Å². The summed E-state index contributed by atoms with van der Waals surface area (Å²) < 4.78 is 29.8. The Morgan fingerprint density at radius 3 is 2.50 bits per heavy atom. The first kappa shape index (κ1) is 19.9. The molecule has 1 aromatic carbocycles. The van der Waals surface area contributed by atoms with E-state index in [0.29, 0.717) is 0 Å². The molecule has 8 heteroatoms. The van der Waals surface area contributed by atoms with Crippen LogP contribution in [-0.2, 0) is 11.0 Å². The highest BCUT2D eigenvalue weighted by Gasteiger charge is 2.34. The van der Waals surface area contributed by atoms with Gasteiger partial charge < -0.3 is 10.4 Å². The molecule has 136 valence electrons. The van der Waals surface area contributed by atoms with E-state index in [1.165, 1.54) is 6.07 Å². The third kappa shape index (κ3) is 4.41. The van der Waals surface area contributed by atoms with Gasteiger partial charge in [0.05, 0.1) is 31.8 Å². The predicted octanol–water partition coefficient (Wildman–Crippen LogP) is 3.93. The van der Waals surface area contributed by atoms with Gasteiger partial charge in [0, 0.05) is 11.6 Å². The SMILES string of the molecule is CC(C)(C)S(=O)N[C@H](c1c(O)cc(Cl)c(Cl)c1F)C1CCNCC1. The second kappa shape index (κ2) is 7.87. The average molecular weight is 397 g/mol. The molecular formula is C16H23Cl2FN2O2S. The van der Waals surface area contributed by atoms with Crippen molar-refractivity contribution < 1.29 is 13.7 Å². The first-order chi connectivity index (χ1) is 11.1. The molecule has 1 aromatic rings. The van der Waals surface area contributed by atoms with Crippen molar-refractivity contribution in [1.82, 2.24) is 10.0 Å². The molecular weight excluding hydrogens is 374 g/mol. The summed E-state index contributed by atoms with van der Waals surface area (Å²) in [4.78, 5) is 0. The number of halogens is 3. The van der Waals surface area contributed by atoms with Crippen molar-refractivity contribution >= 4 is 34.2 Å². The quantitative estimate of drug-likeness (QED) is 0.675. The van der Waals surface area contributed by atoms with Crippen molar-refractivity contribution in [2.75, 3.05) is 13.1 Å². The van der Waals surface area contributed by atoms with Gasteiger partial charge in [0.15, 0.2) is 5.82 Å². The zero-order valence-electron chi connectivity index (χ0n) is 14.0. The Bertz CT molecular complexity index is 631. The van der Waals surface area contributed by atoms with E-state index >= 15 is 0 Å². The molecule has 0 saturated carbocycles. The molecule has 1 aliphatic rings. The number of phenols is 1. The molecule has 1 heterocycles. The summed E-state index contributed by atoms with van der Waals surface area (Å²) in [5.41, 5.74) is 0.0360. The summed E-state index contributed by atoms with van der Waals surface area (Å²) >= 11 is 11.8. The zero-order chi connectivity index (χ0) is 18.1. The maximum Gasteiger partial charge on any atom is 0.151 e. The Hall–Kier alpha value is -0.400. The van der Waals surface area contributed by atoms with E-state index in [-0.39, 0.29) is 27.3 Å². The normalized spacial score (nSPS) is 19.2. The molecule has 3 N–H and O–H groups in total. The number of phenolic OH excluding ortho intramolecular Hbond substituents is 1. The Labute approximate surface area is 154 Å². The van der Waals surface area contributed by atoms with Gasteiger partial charge in [-0.3, -0.25) is 0 Å². The largest absolute Gasteiger partial charge is 0.507 e. The Kier molecular flexibility index (Phi) is 6.53. The van der Waals surface area contributed by atoms with Crippen LogP contribution >= 0.6 is 23.2 Å². The fraction of sp³-hybridized carbons (Fsp3) is 0.625. The number of aromatic hydroxyl groups is 1. The van der Waals surface area contributed by atoms with Gasteiger partial charge in [-0.25, -0.2) is 13.3 Å². The molecule has 2 atom stereocenters. The zero-order valence-corrected chi connectivity index (χ0v) is 16.3. The number of benzene rings is 1. The Morgan fingerprint density at radius 1 is 1.38 bits per heavy atom. The number of rotatable bonds is 4. The van der Waals surface area contributed by atoms with Gasteiger partial charge in [0.25, 0.3) is 0 Å². The lowest BCUT2D eigenvalue weighted by molar-refractivity contribution is 0.296. The van der Waals surface area contributed by atoms with Gasteiger partial charge in [0.2, 0.25) is 0 Å². The van der Waals surface area contributed by atoms with Crippen molar-refractivity contribution in [3.05, 3.63) is 27.5 Å². The van der Waals surface area contributed by atoms with Crippen LogP contribution in [0.25, 0.3) is 0 Å². The third-order valence-electron chi connectivity index (χ3n) is 4.13. The first-order valence-electron chi connectivity index (χ1n) is 7.88. The minimum Gasteiger partial charge on any atom is -0.507 e. The van der Waals surface area contributed by atoms with E-state index in [2.05, 4.69) is 10.0 Å². The molecule has 0 spiro atoms. The van der Waals surface area contributed by atoms with Crippen molar-refractivity contribution in [3.63, 3.8) is 0 Å². The summed E-state index contributed by atoms with van der Waals surface area (Å²) in [5, 5.41) is 13.2. The molecule has 1 aliphatic heterocycles. The van der Waals surface area contributed by atoms with Crippen molar-refractivity contribution in [2.45, 2.75) is 44.4 Å². The van der Waals surface area contributed by atoms with Gasteiger partial charge in [-0.15, -0.1) is 0 Å². The van der Waals surface area contributed by atoms with Crippen molar-refractivity contribution in [1.29, 1.82) is 0 Å². The Morgan fingerprint density at radius 2 is 1.96 bits per heavy atom. The minimum absolute atomic E-state index is 0.0233. The smallest absolute Gasteiger partial charge is 0.151 e. The molecule has 0 radical (unpaired) electrons. The monoisotopic (exact) mass is 396 g/mol. The predicted molar refractivity (Wildman–Crippen MR) is 97.5 cm³/mol. The fourth-order valence-corrected chi connectivity index (χ4v) is 3.99. The van der Waals surface area contributed by atoms with Crippen LogP contribution < -0.4 is 10.0 Å². The second-order valence-corrected chi connectivity index (χ2v) is 9.77. The highest BCUT2D eigenvalue weighted by Crippen LogP contribution is 2.41. The number of hydrogen-bond donors (Lipinski definition) is 3. The molecule has 2 rings (SSSR count). The van der Waals surface area contributed by atoms with Gasteiger partial charge in [-0.1, -0.05) is 23.2 Å². The van der Waals surface area contributed by atoms with Crippen LogP contribution in [0.4, 0.5) is 4.39 Å². The molecule has 24 heavy (non-hydrogen) atoms. The first-order valence-corrected chi connectivity index (χ1v) is 9.78. The lowest BCUT2D eigenvalue weighted by atomic mass is 9.86. The molecule has 0 aliphatic carbocycles. The van der Waals surface area contributed by atoms with Crippen LogP contribution in [-0.4, -0.2) is 27.2 Å². The summed E-state index contributed by atoms with van der Waals surface area (Å²) in [6, 6.07) is 0.625. The summed E-state index contributed by atoms with van der Waals surface area (Å²) in [6.45, 7) is 7.07. The van der Waals surface area contributed by atoms with E-state index in [1.54, 1.807) is 0 Å². The number of hydrogen-bond acceptors (Lipinski definition) is 3. The number of nitrogens with one attached hydrogen (secondary N) is 2. The molecule has 4 nitrogen and oxygen atoms in total. The number of piperidine rings is 1. The second-order valence-electron chi connectivity index (χ2n) is 6.98. The Balaban J connectivity index is 2.46. The molecule has 0 amide bonds. The summed E-state index contributed by atoms with van der Waals surface area (Å²) in [5.74, 6) is -1.01. The lowest BCUT2D eigenvalue weighted by Gasteiger charge is -2.34. The van der Waals surface area contributed by atoms with E-state index in [4.69, 9.17) is 23.2 Å². The van der Waals surface area contributed by atoms with E-state index in [0.717, 1.165) is 25.9 Å². The van der Waals surface area contributed by atoms with Gasteiger partial charge in [0.1, 0.15) is 5.75 Å². The van der Waals surface area contributed by atoms with Gasteiger partial charge in [-0.2, -0.15) is 0 Å².